The molecule has 82 valence electrons. The molecule has 0 heterocycles. The number of rotatable bonds is 5. The Labute approximate surface area is 84.6 Å². The average Bonchev–Trinajstić information content (AvgIpc) is 2.01. The molecule has 0 fully saturated rings. The number of carbonyl (C=O) groups excluding carboxylic acids is 2. The van der Waals surface area contributed by atoms with Gasteiger partial charge >= 0.3 is 0 Å². The number of hydrogen-bond acceptors (Lipinski definition) is 3. The molecular formula is C9H19N3O2. The summed E-state index contributed by atoms with van der Waals surface area (Å²) in [5, 5.41) is 3.03. The van der Waals surface area contributed by atoms with Gasteiger partial charge in [-0.1, -0.05) is 6.92 Å². The van der Waals surface area contributed by atoms with Gasteiger partial charge in [-0.25, -0.2) is 0 Å². The molecule has 0 bridgehead atoms. The van der Waals surface area contributed by atoms with Gasteiger partial charge in [-0.2, -0.15) is 0 Å². The highest BCUT2D eigenvalue weighted by atomic mass is 16.2. The van der Waals surface area contributed by atoms with Crippen LogP contribution in [-0.2, 0) is 9.59 Å². The van der Waals surface area contributed by atoms with Crippen molar-refractivity contribution in [2.24, 2.45) is 5.73 Å². The van der Waals surface area contributed by atoms with Gasteiger partial charge in [-0.05, 0) is 20.4 Å². The lowest BCUT2D eigenvalue weighted by atomic mass is 10.0. The van der Waals surface area contributed by atoms with Crippen LogP contribution in [0.2, 0.25) is 0 Å². The molecule has 0 aromatic rings. The fourth-order valence-electron chi connectivity index (χ4n) is 1.30. The molecule has 0 saturated carbocycles. The van der Waals surface area contributed by atoms with Gasteiger partial charge in [0.1, 0.15) is 0 Å². The number of primary amides is 1. The van der Waals surface area contributed by atoms with E-state index in [1.54, 1.807) is 20.9 Å². The van der Waals surface area contributed by atoms with Crippen molar-refractivity contribution in [1.29, 1.82) is 0 Å². The predicted molar refractivity (Wildman–Crippen MR) is 54.6 cm³/mol. The third-order valence-corrected chi connectivity index (χ3v) is 1.89. The average molecular weight is 201 g/mol. The molecular weight excluding hydrogens is 182 g/mol. The van der Waals surface area contributed by atoms with Crippen LogP contribution < -0.4 is 11.1 Å². The molecule has 14 heavy (non-hydrogen) atoms. The van der Waals surface area contributed by atoms with Gasteiger partial charge in [0.05, 0.1) is 12.1 Å². The highest BCUT2D eigenvalue weighted by Gasteiger charge is 2.29. The Hall–Kier alpha value is -1.10. The lowest BCUT2D eigenvalue weighted by Gasteiger charge is -2.29. The molecule has 0 spiro atoms. The Morgan fingerprint density at radius 3 is 2.29 bits per heavy atom. The number of nitrogens with one attached hydrogen (secondary N) is 1. The number of likely N-dealkylation sites (N-methyl/N-ethyl adjacent to an activating group) is 2. The third kappa shape index (κ3) is 3.74. The van der Waals surface area contributed by atoms with Crippen molar-refractivity contribution in [2.75, 3.05) is 20.1 Å². The number of carbonyl (C=O) groups is 2. The topological polar surface area (TPSA) is 75.4 Å². The van der Waals surface area contributed by atoms with Crippen molar-refractivity contribution in [3.8, 4) is 0 Å². The van der Waals surface area contributed by atoms with Crippen LogP contribution in [0.4, 0.5) is 0 Å². The normalized spacial score (nSPS) is 11.1. The minimum Gasteiger partial charge on any atom is -0.368 e. The summed E-state index contributed by atoms with van der Waals surface area (Å²) in [6, 6.07) is 0. The van der Waals surface area contributed by atoms with Gasteiger partial charge < -0.3 is 16.0 Å². The molecule has 0 aliphatic carbocycles. The molecule has 0 rings (SSSR count). The second kappa shape index (κ2) is 4.95. The Bertz CT molecular complexity index is 226. The highest BCUT2D eigenvalue weighted by Crippen LogP contribution is 2.05. The van der Waals surface area contributed by atoms with Crippen molar-refractivity contribution in [3.63, 3.8) is 0 Å². The Morgan fingerprint density at radius 1 is 1.43 bits per heavy atom. The molecule has 0 aromatic heterocycles. The molecule has 0 unspecified atom stereocenters. The van der Waals surface area contributed by atoms with Crippen LogP contribution in [0.1, 0.15) is 20.8 Å². The maximum Gasteiger partial charge on any atom is 0.242 e. The van der Waals surface area contributed by atoms with Crippen LogP contribution in [0, 0.1) is 0 Å². The number of nitrogens with zero attached hydrogens (tertiary/aromatic N) is 1. The largest absolute Gasteiger partial charge is 0.368 e. The quantitative estimate of drug-likeness (QED) is 0.618. The van der Waals surface area contributed by atoms with E-state index >= 15 is 0 Å². The van der Waals surface area contributed by atoms with E-state index in [0.717, 1.165) is 0 Å². The number of nitrogens with two attached hydrogens (primary N) is 1. The highest BCUT2D eigenvalue weighted by molar-refractivity contribution is 5.89. The molecule has 0 aliphatic rings. The van der Waals surface area contributed by atoms with Crippen LogP contribution in [0.25, 0.3) is 0 Å². The van der Waals surface area contributed by atoms with Gasteiger partial charge in [0, 0.05) is 7.05 Å². The standard InChI is InChI=1S/C9H19N3O2/c1-5-11-9(2,3)8(14)12(4)6-7(10)13/h11H,5-6H2,1-4H3,(H2,10,13). The van der Waals surface area contributed by atoms with Crippen LogP contribution in [0.15, 0.2) is 0 Å². The molecule has 0 aliphatic heterocycles. The van der Waals surface area contributed by atoms with Crippen LogP contribution >= 0.6 is 0 Å². The molecule has 0 aromatic carbocycles. The van der Waals surface area contributed by atoms with Gasteiger partial charge in [-0.3, -0.25) is 9.59 Å². The van der Waals surface area contributed by atoms with E-state index in [-0.39, 0.29) is 12.5 Å². The first-order chi connectivity index (χ1) is 6.31. The fourth-order valence-corrected chi connectivity index (χ4v) is 1.30. The Balaban J connectivity index is 4.36. The summed E-state index contributed by atoms with van der Waals surface area (Å²) in [5.41, 5.74) is 4.34. The third-order valence-electron chi connectivity index (χ3n) is 1.89. The molecule has 5 nitrogen and oxygen atoms in total. The van der Waals surface area contributed by atoms with Crippen molar-refractivity contribution in [1.82, 2.24) is 10.2 Å². The summed E-state index contributed by atoms with van der Waals surface area (Å²) in [6.45, 7) is 6.12. The molecule has 3 N–H and O–H groups in total. The molecule has 2 amide bonds. The first-order valence-electron chi connectivity index (χ1n) is 4.60. The zero-order valence-electron chi connectivity index (χ0n) is 9.26. The second-order valence-corrected chi connectivity index (χ2v) is 3.78. The van der Waals surface area contributed by atoms with Crippen molar-refractivity contribution in [2.45, 2.75) is 26.3 Å². The van der Waals surface area contributed by atoms with Gasteiger partial charge in [0.25, 0.3) is 0 Å². The first-order valence-corrected chi connectivity index (χ1v) is 4.60. The number of amides is 2. The van der Waals surface area contributed by atoms with Crippen LogP contribution in [0.5, 0.6) is 0 Å². The van der Waals surface area contributed by atoms with E-state index < -0.39 is 11.4 Å². The summed E-state index contributed by atoms with van der Waals surface area (Å²) in [5.74, 6) is -0.647. The zero-order chi connectivity index (χ0) is 11.4. The minimum atomic E-state index is -0.654. The lowest BCUT2D eigenvalue weighted by Crippen LogP contribution is -2.54. The van der Waals surface area contributed by atoms with Crippen LogP contribution in [0.3, 0.4) is 0 Å². The summed E-state index contributed by atoms with van der Waals surface area (Å²) in [6.07, 6.45) is 0. The summed E-state index contributed by atoms with van der Waals surface area (Å²) in [4.78, 5) is 23.7. The van der Waals surface area contributed by atoms with E-state index in [9.17, 15) is 9.59 Å². The SMILES string of the molecule is CCNC(C)(C)C(=O)N(C)CC(N)=O. The maximum absolute atomic E-state index is 11.7. The lowest BCUT2D eigenvalue weighted by molar-refractivity contribution is -0.138. The smallest absolute Gasteiger partial charge is 0.242 e. The molecule has 5 heteroatoms. The Kier molecular flexibility index (Phi) is 4.56. The molecule has 0 radical (unpaired) electrons. The predicted octanol–water partition coefficient (Wildman–Crippen LogP) is -0.682. The molecule has 0 atom stereocenters. The van der Waals surface area contributed by atoms with Gasteiger partial charge in [0.2, 0.25) is 11.8 Å². The molecule has 0 saturated heterocycles. The van der Waals surface area contributed by atoms with Crippen molar-refractivity contribution in [3.05, 3.63) is 0 Å². The van der Waals surface area contributed by atoms with E-state index in [4.69, 9.17) is 5.73 Å². The Morgan fingerprint density at radius 2 is 1.93 bits per heavy atom. The minimum absolute atomic E-state index is 0.0480. The van der Waals surface area contributed by atoms with Gasteiger partial charge in [0.15, 0.2) is 0 Å². The summed E-state index contributed by atoms with van der Waals surface area (Å²) < 4.78 is 0. The van der Waals surface area contributed by atoms with E-state index in [1.165, 1.54) is 4.90 Å². The first kappa shape index (κ1) is 12.9. The van der Waals surface area contributed by atoms with E-state index in [1.807, 2.05) is 6.92 Å². The van der Waals surface area contributed by atoms with Crippen LogP contribution in [-0.4, -0.2) is 42.4 Å². The number of hydrogen-bond donors (Lipinski definition) is 2. The summed E-state index contributed by atoms with van der Waals surface area (Å²) >= 11 is 0. The fraction of sp³-hybridized carbons (Fsp3) is 0.778. The van der Waals surface area contributed by atoms with Crippen molar-refractivity contribution >= 4 is 11.8 Å². The van der Waals surface area contributed by atoms with E-state index in [2.05, 4.69) is 5.32 Å². The van der Waals surface area contributed by atoms with E-state index in [0.29, 0.717) is 6.54 Å². The monoisotopic (exact) mass is 201 g/mol. The summed E-state index contributed by atoms with van der Waals surface area (Å²) in [7, 11) is 1.56. The zero-order valence-corrected chi connectivity index (χ0v) is 9.26. The van der Waals surface area contributed by atoms with Crippen molar-refractivity contribution < 1.29 is 9.59 Å². The van der Waals surface area contributed by atoms with Gasteiger partial charge in [-0.15, -0.1) is 0 Å². The second-order valence-electron chi connectivity index (χ2n) is 3.78. The maximum atomic E-state index is 11.7.